The molecule has 2 unspecified atom stereocenters. The zero-order valence-corrected chi connectivity index (χ0v) is 13.1. The van der Waals surface area contributed by atoms with Gasteiger partial charge in [0.15, 0.2) is 0 Å². The van der Waals surface area contributed by atoms with Gasteiger partial charge in [0.05, 0.1) is 0 Å². The zero-order valence-electron chi connectivity index (χ0n) is 11.5. The van der Waals surface area contributed by atoms with Gasteiger partial charge in [-0.15, -0.1) is 0 Å². The fourth-order valence-corrected chi connectivity index (χ4v) is 3.96. The molecule has 18 heavy (non-hydrogen) atoms. The zero-order chi connectivity index (χ0) is 12.8. The molecule has 0 fully saturated rings. The Labute approximate surface area is 120 Å². The third kappa shape index (κ3) is 3.60. The predicted octanol–water partition coefficient (Wildman–Crippen LogP) is 6.05. The molecule has 0 spiro atoms. The molecule has 0 N–H and O–H groups in total. The van der Waals surface area contributed by atoms with Crippen LogP contribution in [0.15, 0.2) is 24.3 Å². The standard InChI is InChI=1S/C17H25Br/c1-2-3-4-5-6-7-11-15-13-14-10-8-9-12-16(14)17(15)18/h8-10,12,15,17H,2-7,11,13H2,1H3. The number of unbranched alkanes of at least 4 members (excludes halogenated alkanes) is 5. The van der Waals surface area contributed by atoms with Crippen LogP contribution in [0.5, 0.6) is 0 Å². The molecule has 0 nitrogen and oxygen atoms in total. The Balaban J connectivity index is 1.70. The lowest BCUT2D eigenvalue weighted by Crippen LogP contribution is -2.02. The van der Waals surface area contributed by atoms with E-state index in [1.807, 2.05) is 0 Å². The average Bonchev–Trinajstić information content (AvgIpc) is 2.71. The summed E-state index contributed by atoms with van der Waals surface area (Å²) < 4.78 is 0. The molecule has 0 heterocycles. The van der Waals surface area contributed by atoms with Gasteiger partial charge in [-0.2, -0.15) is 0 Å². The monoisotopic (exact) mass is 308 g/mol. The molecule has 1 aromatic rings. The summed E-state index contributed by atoms with van der Waals surface area (Å²) in [5.74, 6) is 0.827. The van der Waals surface area contributed by atoms with Gasteiger partial charge in [0, 0.05) is 4.83 Å². The highest BCUT2D eigenvalue weighted by Gasteiger charge is 2.29. The Hall–Kier alpha value is -0.300. The van der Waals surface area contributed by atoms with E-state index in [2.05, 4.69) is 47.1 Å². The summed E-state index contributed by atoms with van der Waals surface area (Å²) in [5.41, 5.74) is 3.10. The number of hydrogen-bond acceptors (Lipinski definition) is 0. The van der Waals surface area contributed by atoms with Crippen LogP contribution in [-0.2, 0) is 6.42 Å². The summed E-state index contributed by atoms with van der Waals surface area (Å²) in [5, 5.41) is 0. The Morgan fingerprint density at radius 3 is 2.56 bits per heavy atom. The average molecular weight is 309 g/mol. The van der Waals surface area contributed by atoms with Crippen molar-refractivity contribution in [3.63, 3.8) is 0 Å². The van der Waals surface area contributed by atoms with E-state index in [0.29, 0.717) is 4.83 Å². The molecule has 0 aliphatic heterocycles. The molecule has 1 aliphatic carbocycles. The van der Waals surface area contributed by atoms with Crippen LogP contribution >= 0.6 is 15.9 Å². The van der Waals surface area contributed by atoms with E-state index in [0.717, 1.165) is 5.92 Å². The van der Waals surface area contributed by atoms with Crippen LogP contribution in [0.1, 0.15) is 67.8 Å². The number of benzene rings is 1. The first-order valence-electron chi connectivity index (χ1n) is 7.54. The molecule has 2 atom stereocenters. The molecule has 2 rings (SSSR count). The first kappa shape index (κ1) is 14.1. The van der Waals surface area contributed by atoms with Crippen LogP contribution in [-0.4, -0.2) is 0 Å². The van der Waals surface area contributed by atoms with Crippen molar-refractivity contribution in [2.45, 2.75) is 63.1 Å². The predicted molar refractivity (Wildman–Crippen MR) is 83.3 cm³/mol. The third-order valence-electron chi connectivity index (χ3n) is 4.18. The lowest BCUT2D eigenvalue weighted by atomic mass is 9.97. The second-order valence-corrected chi connectivity index (χ2v) is 6.61. The number of hydrogen-bond donors (Lipinski definition) is 0. The minimum atomic E-state index is 0.601. The molecule has 0 bridgehead atoms. The van der Waals surface area contributed by atoms with Crippen molar-refractivity contribution >= 4 is 15.9 Å². The van der Waals surface area contributed by atoms with E-state index in [4.69, 9.17) is 0 Å². The fraction of sp³-hybridized carbons (Fsp3) is 0.647. The van der Waals surface area contributed by atoms with Crippen molar-refractivity contribution in [2.75, 3.05) is 0 Å². The molecule has 100 valence electrons. The van der Waals surface area contributed by atoms with Crippen molar-refractivity contribution < 1.29 is 0 Å². The second-order valence-electron chi connectivity index (χ2n) is 5.62. The van der Waals surface area contributed by atoms with Crippen molar-refractivity contribution in [3.05, 3.63) is 35.4 Å². The van der Waals surface area contributed by atoms with Crippen LogP contribution in [0, 0.1) is 5.92 Å². The largest absolute Gasteiger partial charge is 0.0836 e. The smallest absolute Gasteiger partial charge is 0.0429 e. The van der Waals surface area contributed by atoms with Crippen LogP contribution in [0.25, 0.3) is 0 Å². The molecule has 1 aromatic carbocycles. The first-order valence-corrected chi connectivity index (χ1v) is 8.46. The van der Waals surface area contributed by atoms with E-state index in [-0.39, 0.29) is 0 Å². The Morgan fingerprint density at radius 2 is 1.78 bits per heavy atom. The number of rotatable bonds is 7. The molecule has 0 aromatic heterocycles. The maximum atomic E-state index is 3.90. The third-order valence-corrected chi connectivity index (χ3v) is 5.42. The van der Waals surface area contributed by atoms with Crippen molar-refractivity contribution in [3.8, 4) is 0 Å². The topological polar surface area (TPSA) is 0 Å². The van der Waals surface area contributed by atoms with Crippen molar-refractivity contribution in [2.24, 2.45) is 5.92 Å². The van der Waals surface area contributed by atoms with E-state index in [1.54, 1.807) is 5.56 Å². The lowest BCUT2D eigenvalue weighted by Gasteiger charge is -2.14. The second kappa shape index (κ2) is 7.33. The molecular formula is C17H25Br. The van der Waals surface area contributed by atoms with Crippen molar-refractivity contribution in [1.82, 2.24) is 0 Å². The molecular weight excluding hydrogens is 284 g/mol. The summed E-state index contributed by atoms with van der Waals surface area (Å²) in [7, 11) is 0. The van der Waals surface area contributed by atoms with Gasteiger partial charge in [0.25, 0.3) is 0 Å². The minimum absolute atomic E-state index is 0.601. The van der Waals surface area contributed by atoms with Crippen molar-refractivity contribution in [1.29, 1.82) is 0 Å². The molecule has 1 aliphatic rings. The Bertz CT molecular complexity index is 358. The van der Waals surface area contributed by atoms with Gasteiger partial charge in [-0.25, -0.2) is 0 Å². The SMILES string of the molecule is CCCCCCCCC1Cc2ccccc2C1Br. The number of halogens is 1. The fourth-order valence-electron chi connectivity index (χ4n) is 3.06. The highest BCUT2D eigenvalue weighted by atomic mass is 79.9. The van der Waals surface area contributed by atoms with Gasteiger partial charge in [0.2, 0.25) is 0 Å². The van der Waals surface area contributed by atoms with E-state index in [1.165, 1.54) is 56.9 Å². The number of alkyl halides is 1. The first-order chi connectivity index (χ1) is 8.83. The van der Waals surface area contributed by atoms with Crippen LogP contribution in [0.4, 0.5) is 0 Å². The van der Waals surface area contributed by atoms with E-state index in [9.17, 15) is 0 Å². The van der Waals surface area contributed by atoms with Gasteiger partial charge >= 0.3 is 0 Å². The van der Waals surface area contributed by atoms with E-state index >= 15 is 0 Å². The molecule has 0 amide bonds. The molecule has 1 heteroatoms. The quantitative estimate of drug-likeness (QED) is 0.425. The van der Waals surface area contributed by atoms with Crippen LogP contribution < -0.4 is 0 Å². The van der Waals surface area contributed by atoms with Gasteiger partial charge in [-0.05, 0) is 29.9 Å². The summed E-state index contributed by atoms with van der Waals surface area (Å²) in [6.07, 6.45) is 11.1. The maximum Gasteiger partial charge on any atom is 0.0429 e. The summed E-state index contributed by atoms with van der Waals surface area (Å²) >= 11 is 3.90. The maximum absolute atomic E-state index is 3.90. The summed E-state index contributed by atoms with van der Waals surface area (Å²) in [6.45, 7) is 2.28. The lowest BCUT2D eigenvalue weighted by molar-refractivity contribution is 0.467. The summed E-state index contributed by atoms with van der Waals surface area (Å²) in [6, 6.07) is 8.92. The number of fused-ring (bicyclic) bond motifs is 1. The van der Waals surface area contributed by atoms with Crippen LogP contribution in [0.2, 0.25) is 0 Å². The molecule has 0 saturated heterocycles. The van der Waals surface area contributed by atoms with Gasteiger partial charge < -0.3 is 0 Å². The normalized spacial score (nSPS) is 22.1. The van der Waals surface area contributed by atoms with Gasteiger partial charge in [-0.1, -0.05) is 85.6 Å². The minimum Gasteiger partial charge on any atom is -0.0836 e. The molecule has 0 saturated carbocycles. The highest BCUT2D eigenvalue weighted by molar-refractivity contribution is 9.09. The van der Waals surface area contributed by atoms with Gasteiger partial charge in [-0.3, -0.25) is 0 Å². The highest BCUT2D eigenvalue weighted by Crippen LogP contribution is 2.44. The Morgan fingerprint density at radius 1 is 1.06 bits per heavy atom. The van der Waals surface area contributed by atoms with E-state index < -0.39 is 0 Å². The molecule has 0 radical (unpaired) electrons. The van der Waals surface area contributed by atoms with Crippen LogP contribution in [0.3, 0.4) is 0 Å². The summed E-state index contributed by atoms with van der Waals surface area (Å²) in [4.78, 5) is 0.601. The Kier molecular flexibility index (Phi) is 5.75. The van der Waals surface area contributed by atoms with Gasteiger partial charge in [0.1, 0.15) is 0 Å².